The van der Waals surface area contributed by atoms with Crippen molar-refractivity contribution in [3.05, 3.63) is 58.8 Å². The molecule has 3 aromatic rings. The SMILES string of the molecule is COc1ccc(CN2CCC(Nc3nc(C)c4cc(C)c(C)cc4n3)CC2)cc1. The molecule has 1 saturated heterocycles. The van der Waals surface area contributed by atoms with Gasteiger partial charge < -0.3 is 10.1 Å². The molecule has 0 unspecified atom stereocenters. The number of fused-ring (bicyclic) bond motifs is 1. The number of hydrogen-bond donors (Lipinski definition) is 1. The third-order valence-electron chi connectivity index (χ3n) is 5.99. The number of aryl methyl sites for hydroxylation is 3. The average molecular weight is 391 g/mol. The third-order valence-corrected chi connectivity index (χ3v) is 5.99. The molecule has 4 rings (SSSR count). The zero-order valence-electron chi connectivity index (χ0n) is 17.8. The minimum absolute atomic E-state index is 0.422. The number of nitrogens with zero attached hydrogens (tertiary/aromatic N) is 3. The molecule has 0 amide bonds. The monoisotopic (exact) mass is 390 g/mol. The Balaban J connectivity index is 1.37. The molecule has 0 atom stereocenters. The van der Waals surface area contributed by atoms with E-state index < -0.39 is 0 Å². The van der Waals surface area contributed by atoms with Crippen LogP contribution in [0.1, 0.15) is 35.2 Å². The van der Waals surface area contributed by atoms with Gasteiger partial charge in [0.1, 0.15) is 5.75 Å². The van der Waals surface area contributed by atoms with Crippen molar-refractivity contribution < 1.29 is 4.74 Å². The van der Waals surface area contributed by atoms with Crippen LogP contribution in [0.5, 0.6) is 5.75 Å². The number of ether oxygens (including phenoxy) is 1. The summed E-state index contributed by atoms with van der Waals surface area (Å²) >= 11 is 0. The summed E-state index contributed by atoms with van der Waals surface area (Å²) < 4.78 is 5.24. The number of piperidine rings is 1. The molecule has 2 aromatic carbocycles. The smallest absolute Gasteiger partial charge is 0.223 e. The maximum Gasteiger partial charge on any atom is 0.223 e. The number of hydrogen-bond acceptors (Lipinski definition) is 5. The molecular weight excluding hydrogens is 360 g/mol. The zero-order chi connectivity index (χ0) is 20.4. The van der Waals surface area contributed by atoms with Crippen molar-refractivity contribution in [3.63, 3.8) is 0 Å². The van der Waals surface area contributed by atoms with Crippen LogP contribution in [0.2, 0.25) is 0 Å². The number of benzene rings is 2. The number of methoxy groups -OCH3 is 1. The van der Waals surface area contributed by atoms with E-state index in [0.717, 1.165) is 60.8 Å². The Morgan fingerprint density at radius 3 is 2.38 bits per heavy atom. The minimum atomic E-state index is 0.422. The van der Waals surface area contributed by atoms with Crippen LogP contribution in [0.3, 0.4) is 0 Å². The second-order valence-electron chi connectivity index (χ2n) is 8.13. The van der Waals surface area contributed by atoms with Gasteiger partial charge in [-0.1, -0.05) is 12.1 Å². The van der Waals surface area contributed by atoms with Crippen LogP contribution < -0.4 is 10.1 Å². The lowest BCUT2D eigenvalue weighted by Gasteiger charge is -2.32. The molecule has 0 saturated carbocycles. The van der Waals surface area contributed by atoms with Gasteiger partial charge >= 0.3 is 0 Å². The fourth-order valence-electron chi connectivity index (χ4n) is 4.01. The first-order chi connectivity index (χ1) is 14.0. The van der Waals surface area contributed by atoms with Gasteiger partial charge in [0, 0.05) is 31.1 Å². The molecule has 2 heterocycles. The van der Waals surface area contributed by atoms with Gasteiger partial charge in [0.2, 0.25) is 5.95 Å². The number of nitrogens with one attached hydrogen (secondary N) is 1. The van der Waals surface area contributed by atoms with E-state index in [9.17, 15) is 0 Å². The van der Waals surface area contributed by atoms with Gasteiger partial charge in [0.15, 0.2) is 0 Å². The average Bonchev–Trinajstić information content (AvgIpc) is 2.72. The van der Waals surface area contributed by atoms with Crippen LogP contribution in [-0.2, 0) is 6.54 Å². The quantitative estimate of drug-likeness (QED) is 0.688. The zero-order valence-corrected chi connectivity index (χ0v) is 17.8. The summed E-state index contributed by atoms with van der Waals surface area (Å²) in [6.07, 6.45) is 2.20. The lowest BCUT2D eigenvalue weighted by molar-refractivity contribution is 0.211. The molecule has 1 aromatic heterocycles. The minimum Gasteiger partial charge on any atom is -0.497 e. The highest BCUT2D eigenvalue weighted by atomic mass is 16.5. The highest BCUT2D eigenvalue weighted by Crippen LogP contribution is 2.23. The molecule has 0 aliphatic carbocycles. The number of rotatable bonds is 5. The second-order valence-corrected chi connectivity index (χ2v) is 8.13. The summed E-state index contributed by atoms with van der Waals surface area (Å²) in [5.41, 5.74) is 5.96. The van der Waals surface area contributed by atoms with Gasteiger partial charge in [-0.3, -0.25) is 4.90 Å². The molecule has 1 N–H and O–H groups in total. The van der Waals surface area contributed by atoms with E-state index >= 15 is 0 Å². The Bertz CT molecular complexity index is 992. The Morgan fingerprint density at radius 1 is 1.00 bits per heavy atom. The first kappa shape index (κ1) is 19.6. The van der Waals surface area contributed by atoms with E-state index in [4.69, 9.17) is 14.7 Å². The molecular formula is C24H30N4O. The van der Waals surface area contributed by atoms with Gasteiger partial charge in [0.25, 0.3) is 0 Å². The van der Waals surface area contributed by atoms with Gasteiger partial charge in [-0.2, -0.15) is 0 Å². The number of aromatic nitrogens is 2. The van der Waals surface area contributed by atoms with E-state index in [1.807, 2.05) is 12.1 Å². The molecule has 0 bridgehead atoms. The standard InChI is InChI=1S/C24H30N4O/c1-16-13-22-18(3)25-24(27-23(22)14-17(16)2)26-20-9-11-28(12-10-20)15-19-5-7-21(29-4)8-6-19/h5-8,13-14,20H,9-12,15H2,1-4H3,(H,25,26,27). The van der Waals surface area contributed by atoms with E-state index in [1.165, 1.54) is 16.7 Å². The highest BCUT2D eigenvalue weighted by Gasteiger charge is 2.20. The van der Waals surface area contributed by atoms with Crippen molar-refractivity contribution in [2.24, 2.45) is 0 Å². The van der Waals surface area contributed by atoms with Gasteiger partial charge in [0.05, 0.1) is 18.3 Å². The van der Waals surface area contributed by atoms with Crippen molar-refractivity contribution in [3.8, 4) is 5.75 Å². The predicted octanol–water partition coefficient (Wildman–Crippen LogP) is 4.64. The van der Waals surface area contributed by atoms with Crippen LogP contribution >= 0.6 is 0 Å². The summed E-state index contributed by atoms with van der Waals surface area (Å²) in [6.45, 7) is 9.49. The Kier molecular flexibility index (Phi) is 5.67. The molecule has 0 spiro atoms. The third kappa shape index (κ3) is 4.51. The van der Waals surface area contributed by atoms with Crippen LogP contribution in [0.4, 0.5) is 5.95 Å². The molecule has 152 valence electrons. The normalized spacial score (nSPS) is 15.6. The summed E-state index contributed by atoms with van der Waals surface area (Å²) in [5.74, 6) is 1.67. The van der Waals surface area contributed by atoms with Crippen LogP contribution in [-0.4, -0.2) is 41.1 Å². The van der Waals surface area contributed by atoms with E-state index in [2.05, 4.69) is 55.3 Å². The van der Waals surface area contributed by atoms with E-state index in [0.29, 0.717) is 6.04 Å². The molecule has 5 heteroatoms. The first-order valence-electron chi connectivity index (χ1n) is 10.4. The van der Waals surface area contributed by atoms with Gasteiger partial charge in [-0.15, -0.1) is 0 Å². The van der Waals surface area contributed by atoms with Crippen molar-refractivity contribution in [1.82, 2.24) is 14.9 Å². The van der Waals surface area contributed by atoms with Crippen molar-refractivity contribution in [2.75, 3.05) is 25.5 Å². The first-order valence-corrected chi connectivity index (χ1v) is 10.4. The summed E-state index contributed by atoms with van der Waals surface area (Å²) in [7, 11) is 1.70. The molecule has 1 aliphatic rings. The van der Waals surface area contributed by atoms with Crippen LogP contribution in [0, 0.1) is 20.8 Å². The van der Waals surface area contributed by atoms with Crippen LogP contribution in [0.25, 0.3) is 10.9 Å². The Labute approximate surface area is 173 Å². The summed E-state index contributed by atoms with van der Waals surface area (Å²) in [4.78, 5) is 12.0. The van der Waals surface area contributed by atoms with Gasteiger partial charge in [-0.05, 0) is 74.6 Å². The fourth-order valence-corrected chi connectivity index (χ4v) is 4.01. The largest absolute Gasteiger partial charge is 0.497 e. The number of likely N-dealkylation sites (tertiary alicyclic amines) is 1. The fraction of sp³-hybridized carbons (Fsp3) is 0.417. The Morgan fingerprint density at radius 2 is 1.69 bits per heavy atom. The lowest BCUT2D eigenvalue weighted by Crippen LogP contribution is -2.39. The van der Waals surface area contributed by atoms with E-state index in [-0.39, 0.29) is 0 Å². The lowest BCUT2D eigenvalue weighted by atomic mass is 10.0. The molecule has 1 fully saturated rings. The maximum atomic E-state index is 5.24. The number of anilines is 1. The van der Waals surface area contributed by atoms with Crippen molar-refractivity contribution in [2.45, 2.75) is 46.2 Å². The second kappa shape index (κ2) is 8.37. The van der Waals surface area contributed by atoms with Crippen molar-refractivity contribution in [1.29, 1.82) is 0 Å². The predicted molar refractivity (Wildman–Crippen MR) is 119 cm³/mol. The molecule has 0 radical (unpaired) electrons. The highest BCUT2D eigenvalue weighted by molar-refractivity contribution is 5.83. The van der Waals surface area contributed by atoms with Gasteiger partial charge in [-0.25, -0.2) is 9.97 Å². The summed E-state index contributed by atoms with van der Waals surface area (Å²) in [5, 5.41) is 4.73. The molecule has 29 heavy (non-hydrogen) atoms. The summed E-state index contributed by atoms with van der Waals surface area (Å²) in [6, 6.07) is 13.2. The van der Waals surface area contributed by atoms with E-state index in [1.54, 1.807) is 7.11 Å². The van der Waals surface area contributed by atoms with Crippen LogP contribution in [0.15, 0.2) is 36.4 Å². The maximum absolute atomic E-state index is 5.24. The Hall–Kier alpha value is -2.66. The van der Waals surface area contributed by atoms with Crippen molar-refractivity contribution >= 4 is 16.9 Å². The molecule has 5 nitrogen and oxygen atoms in total. The topological polar surface area (TPSA) is 50.3 Å². The molecule has 1 aliphatic heterocycles.